The first-order chi connectivity index (χ1) is 13.7. The fourth-order valence-electron chi connectivity index (χ4n) is 3.46. The van der Waals surface area contributed by atoms with E-state index in [1.165, 1.54) is 19.2 Å². The Balaban J connectivity index is 1.83. The van der Waals surface area contributed by atoms with Crippen molar-refractivity contribution in [2.45, 2.75) is 26.3 Å². The standard InChI is InChI=1S/C22H26FN3O3/c1-22(2)13-26(11-10-19(22)24)21(28)17-9-6-15(23)12-18(17)25-20(27)14-4-7-16(29-3)8-5-14/h4-9,12,19H,10-11,13,24H2,1-3H3,(H,25,27). The molecule has 0 radical (unpaired) electrons. The number of hydrogen-bond donors (Lipinski definition) is 2. The zero-order chi connectivity index (χ0) is 21.2. The van der Waals surface area contributed by atoms with Gasteiger partial charge in [0.05, 0.1) is 18.4 Å². The van der Waals surface area contributed by atoms with Crippen LogP contribution in [0.2, 0.25) is 0 Å². The lowest BCUT2D eigenvalue weighted by Gasteiger charge is -2.42. The van der Waals surface area contributed by atoms with Crippen molar-refractivity contribution >= 4 is 17.5 Å². The number of likely N-dealkylation sites (tertiary alicyclic amines) is 1. The Kier molecular flexibility index (Phi) is 5.88. The smallest absolute Gasteiger partial charge is 0.255 e. The van der Waals surface area contributed by atoms with Gasteiger partial charge in [0.2, 0.25) is 0 Å². The largest absolute Gasteiger partial charge is 0.497 e. The second kappa shape index (κ2) is 8.21. The van der Waals surface area contributed by atoms with Crippen molar-refractivity contribution < 1.29 is 18.7 Å². The molecule has 3 N–H and O–H groups in total. The number of nitrogens with zero attached hydrogens (tertiary/aromatic N) is 1. The van der Waals surface area contributed by atoms with E-state index in [1.54, 1.807) is 29.2 Å². The van der Waals surface area contributed by atoms with Gasteiger partial charge in [0.1, 0.15) is 11.6 Å². The molecule has 0 spiro atoms. The fourth-order valence-corrected chi connectivity index (χ4v) is 3.46. The summed E-state index contributed by atoms with van der Waals surface area (Å²) in [5.74, 6) is -0.607. The second-order valence-electron chi connectivity index (χ2n) is 7.98. The maximum absolute atomic E-state index is 13.9. The topological polar surface area (TPSA) is 84.7 Å². The quantitative estimate of drug-likeness (QED) is 0.826. The van der Waals surface area contributed by atoms with Gasteiger partial charge in [-0.3, -0.25) is 9.59 Å². The average molecular weight is 399 g/mol. The molecule has 0 aromatic heterocycles. The number of anilines is 1. The predicted molar refractivity (Wildman–Crippen MR) is 110 cm³/mol. The van der Waals surface area contributed by atoms with Crippen LogP contribution in [0.4, 0.5) is 10.1 Å². The zero-order valence-electron chi connectivity index (χ0n) is 16.9. The molecule has 29 heavy (non-hydrogen) atoms. The molecule has 0 bridgehead atoms. The Bertz CT molecular complexity index is 912. The number of halogens is 1. The van der Waals surface area contributed by atoms with Gasteiger partial charge in [0, 0.05) is 24.7 Å². The monoisotopic (exact) mass is 399 g/mol. The Morgan fingerprint density at radius 1 is 1.21 bits per heavy atom. The van der Waals surface area contributed by atoms with Crippen LogP contribution in [0.3, 0.4) is 0 Å². The number of nitrogens with one attached hydrogen (secondary N) is 1. The summed E-state index contributed by atoms with van der Waals surface area (Å²) in [6.07, 6.45) is 0.688. The van der Waals surface area contributed by atoms with Crippen molar-refractivity contribution in [3.63, 3.8) is 0 Å². The average Bonchev–Trinajstić information content (AvgIpc) is 2.69. The second-order valence-corrected chi connectivity index (χ2v) is 7.98. The number of carbonyl (C=O) groups excluding carboxylic acids is 2. The summed E-state index contributed by atoms with van der Waals surface area (Å²) in [7, 11) is 1.54. The third-order valence-electron chi connectivity index (χ3n) is 5.41. The summed E-state index contributed by atoms with van der Waals surface area (Å²) in [5, 5.41) is 2.66. The van der Waals surface area contributed by atoms with E-state index in [-0.39, 0.29) is 28.6 Å². The highest BCUT2D eigenvalue weighted by atomic mass is 19.1. The van der Waals surface area contributed by atoms with E-state index >= 15 is 0 Å². The highest BCUT2D eigenvalue weighted by Gasteiger charge is 2.36. The van der Waals surface area contributed by atoms with E-state index < -0.39 is 11.7 Å². The summed E-state index contributed by atoms with van der Waals surface area (Å²) >= 11 is 0. The number of carbonyl (C=O) groups is 2. The Morgan fingerprint density at radius 2 is 1.90 bits per heavy atom. The van der Waals surface area contributed by atoms with E-state index in [0.29, 0.717) is 30.8 Å². The zero-order valence-corrected chi connectivity index (χ0v) is 16.9. The van der Waals surface area contributed by atoms with E-state index in [1.807, 2.05) is 13.8 Å². The summed E-state index contributed by atoms with van der Waals surface area (Å²) < 4.78 is 19.0. The third-order valence-corrected chi connectivity index (χ3v) is 5.41. The van der Waals surface area contributed by atoms with Crippen LogP contribution in [-0.2, 0) is 0 Å². The molecule has 0 aliphatic carbocycles. The van der Waals surface area contributed by atoms with Crippen LogP contribution in [0.1, 0.15) is 41.0 Å². The van der Waals surface area contributed by atoms with Gasteiger partial charge in [-0.1, -0.05) is 13.8 Å². The Hall–Kier alpha value is -2.93. The van der Waals surface area contributed by atoms with Crippen LogP contribution < -0.4 is 15.8 Å². The molecule has 1 atom stereocenters. The highest BCUT2D eigenvalue weighted by Crippen LogP contribution is 2.30. The number of methoxy groups -OCH3 is 1. The lowest BCUT2D eigenvalue weighted by atomic mass is 9.79. The minimum atomic E-state index is -0.535. The van der Waals surface area contributed by atoms with Gasteiger partial charge in [0.15, 0.2) is 0 Å². The van der Waals surface area contributed by atoms with Gasteiger partial charge in [0.25, 0.3) is 11.8 Å². The van der Waals surface area contributed by atoms with E-state index in [0.717, 1.165) is 6.07 Å². The molecule has 2 aromatic carbocycles. The molecular weight excluding hydrogens is 373 g/mol. The minimum absolute atomic E-state index is 0.00835. The molecule has 1 unspecified atom stereocenters. The first-order valence-corrected chi connectivity index (χ1v) is 9.51. The predicted octanol–water partition coefficient (Wildman–Crippen LogP) is 3.29. The van der Waals surface area contributed by atoms with Crippen molar-refractivity contribution in [1.29, 1.82) is 0 Å². The number of hydrogen-bond acceptors (Lipinski definition) is 4. The van der Waals surface area contributed by atoms with Crippen LogP contribution in [0.25, 0.3) is 0 Å². The molecule has 2 aromatic rings. The maximum atomic E-state index is 13.9. The number of rotatable bonds is 4. The summed E-state index contributed by atoms with van der Waals surface area (Å²) in [4.78, 5) is 27.4. The lowest BCUT2D eigenvalue weighted by Crippen LogP contribution is -2.54. The van der Waals surface area contributed by atoms with Gasteiger partial charge in [-0.25, -0.2) is 4.39 Å². The van der Waals surface area contributed by atoms with E-state index in [4.69, 9.17) is 10.5 Å². The molecule has 1 saturated heterocycles. The number of benzene rings is 2. The molecule has 1 aliphatic rings. The maximum Gasteiger partial charge on any atom is 0.255 e. The van der Waals surface area contributed by atoms with Crippen LogP contribution >= 0.6 is 0 Å². The fraction of sp³-hybridized carbons (Fsp3) is 0.364. The van der Waals surface area contributed by atoms with Gasteiger partial charge >= 0.3 is 0 Å². The number of piperidine rings is 1. The first-order valence-electron chi connectivity index (χ1n) is 9.51. The lowest BCUT2D eigenvalue weighted by molar-refractivity contribution is 0.0534. The molecule has 1 heterocycles. The van der Waals surface area contributed by atoms with Gasteiger partial charge in [-0.05, 0) is 54.3 Å². The van der Waals surface area contributed by atoms with Crippen LogP contribution in [0.15, 0.2) is 42.5 Å². The molecule has 154 valence electrons. The molecule has 6 nitrogen and oxygen atoms in total. The van der Waals surface area contributed by atoms with E-state index in [2.05, 4.69) is 5.32 Å². The third kappa shape index (κ3) is 4.56. The Morgan fingerprint density at radius 3 is 2.52 bits per heavy atom. The number of amides is 2. The summed E-state index contributed by atoms with van der Waals surface area (Å²) in [6.45, 7) is 5.06. The molecule has 1 fully saturated rings. The van der Waals surface area contributed by atoms with Crippen LogP contribution in [0, 0.1) is 11.2 Å². The summed E-state index contributed by atoms with van der Waals surface area (Å²) in [5.41, 5.74) is 6.70. The number of nitrogens with two attached hydrogens (primary N) is 1. The van der Waals surface area contributed by atoms with Gasteiger partial charge in [-0.2, -0.15) is 0 Å². The normalized spacial score (nSPS) is 18.2. The molecule has 3 rings (SSSR count). The van der Waals surface area contributed by atoms with Crippen LogP contribution in [0.5, 0.6) is 5.75 Å². The Labute approximate surface area is 169 Å². The SMILES string of the molecule is COc1ccc(C(=O)Nc2cc(F)ccc2C(=O)N2CCC(N)C(C)(C)C2)cc1. The molecule has 1 aliphatic heterocycles. The van der Waals surface area contributed by atoms with Gasteiger partial charge in [-0.15, -0.1) is 0 Å². The molecular formula is C22H26FN3O3. The van der Waals surface area contributed by atoms with Crippen LogP contribution in [-0.4, -0.2) is 43.0 Å². The van der Waals surface area contributed by atoms with Crippen molar-refractivity contribution in [1.82, 2.24) is 4.90 Å². The van der Waals surface area contributed by atoms with Crippen molar-refractivity contribution in [2.24, 2.45) is 11.1 Å². The van der Waals surface area contributed by atoms with Gasteiger partial charge < -0.3 is 20.7 Å². The highest BCUT2D eigenvalue weighted by molar-refractivity contribution is 6.09. The minimum Gasteiger partial charge on any atom is -0.497 e. The van der Waals surface area contributed by atoms with Crippen molar-refractivity contribution in [3.8, 4) is 5.75 Å². The summed E-state index contributed by atoms with van der Waals surface area (Å²) in [6, 6.07) is 10.3. The molecule has 2 amide bonds. The molecule has 7 heteroatoms. The van der Waals surface area contributed by atoms with Crippen molar-refractivity contribution in [3.05, 3.63) is 59.4 Å². The van der Waals surface area contributed by atoms with E-state index in [9.17, 15) is 14.0 Å². The first kappa shape index (κ1) is 20.8. The van der Waals surface area contributed by atoms with Crippen molar-refractivity contribution in [2.75, 3.05) is 25.5 Å². The number of ether oxygens (including phenoxy) is 1. The molecule has 0 saturated carbocycles.